The van der Waals surface area contributed by atoms with Gasteiger partial charge in [0.05, 0.1) is 5.39 Å². The Morgan fingerprint density at radius 1 is 1.29 bits per heavy atom. The molecule has 2 aromatic heterocycles. The normalized spacial score (nSPS) is 12.0. The van der Waals surface area contributed by atoms with E-state index >= 15 is 0 Å². The molecule has 0 radical (unpaired) electrons. The van der Waals surface area contributed by atoms with Gasteiger partial charge in [0, 0.05) is 13.0 Å². The molecular formula is C13H19N3S. The van der Waals surface area contributed by atoms with E-state index in [2.05, 4.69) is 54.4 Å². The number of rotatable bonds is 3. The second kappa shape index (κ2) is 4.61. The second-order valence-corrected chi connectivity index (χ2v) is 6.29. The van der Waals surface area contributed by atoms with Crippen molar-refractivity contribution in [3.63, 3.8) is 0 Å². The van der Waals surface area contributed by atoms with Crippen molar-refractivity contribution in [1.29, 1.82) is 0 Å². The number of hydrogen-bond donors (Lipinski definition) is 1. The average molecular weight is 249 g/mol. The molecule has 0 aliphatic heterocycles. The quantitative estimate of drug-likeness (QED) is 0.901. The number of fused-ring (bicyclic) bond motifs is 1. The second-order valence-electron chi connectivity index (χ2n) is 5.40. The van der Waals surface area contributed by atoms with Crippen LogP contribution < -0.4 is 5.32 Å². The molecule has 17 heavy (non-hydrogen) atoms. The van der Waals surface area contributed by atoms with Gasteiger partial charge < -0.3 is 5.32 Å². The Morgan fingerprint density at radius 3 is 2.71 bits per heavy atom. The maximum absolute atomic E-state index is 4.63. The van der Waals surface area contributed by atoms with Gasteiger partial charge in [-0.2, -0.15) is 0 Å². The minimum Gasteiger partial charge on any atom is -0.370 e. The van der Waals surface area contributed by atoms with Crippen molar-refractivity contribution in [2.24, 2.45) is 5.41 Å². The summed E-state index contributed by atoms with van der Waals surface area (Å²) in [6.45, 7) is 9.60. The standard InChI is InChI=1S/C13H19N3S/c1-5-14-11-9-6-7-17-12(9)16-10(15-11)8-13(2,3)4/h6-7H,5,8H2,1-4H3,(H,14,15,16). The molecule has 0 spiro atoms. The van der Waals surface area contributed by atoms with Crippen molar-refractivity contribution < 1.29 is 0 Å². The van der Waals surface area contributed by atoms with Crippen LogP contribution in [0.15, 0.2) is 11.4 Å². The van der Waals surface area contributed by atoms with E-state index in [0.29, 0.717) is 0 Å². The van der Waals surface area contributed by atoms with E-state index < -0.39 is 0 Å². The minimum atomic E-state index is 0.217. The monoisotopic (exact) mass is 249 g/mol. The molecule has 0 saturated heterocycles. The van der Waals surface area contributed by atoms with Crippen LogP contribution in [0.4, 0.5) is 5.82 Å². The molecule has 0 amide bonds. The highest BCUT2D eigenvalue weighted by Crippen LogP contribution is 2.27. The van der Waals surface area contributed by atoms with Crippen LogP contribution in [0, 0.1) is 5.41 Å². The summed E-state index contributed by atoms with van der Waals surface area (Å²) in [5.74, 6) is 1.90. The van der Waals surface area contributed by atoms with E-state index in [-0.39, 0.29) is 5.41 Å². The van der Waals surface area contributed by atoms with Gasteiger partial charge in [-0.1, -0.05) is 20.8 Å². The smallest absolute Gasteiger partial charge is 0.138 e. The Hall–Kier alpha value is -1.16. The fourth-order valence-corrected chi connectivity index (χ4v) is 2.54. The molecule has 0 unspecified atom stereocenters. The molecule has 0 fully saturated rings. The lowest BCUT2D eigenvalue weighted by Gasteiger charge is -2.17. The van der Waals surface area contributed by atoms with Crippen molar-refractivity contribution in [1.82, 2.24) is 9.97 Å². The maximum atomic E-state index is 4.63. The van der Waals surface area contributed by atoms with E-state index in [9.17, 15) is 0 Å². The topological polar surface area (TPSA) is 37.8 Å². The van der Waals surface area contributed by atoms with Crippen LogP contribution in [0.1, 0.15) is 33.5 Å². The predicted octanol–water partition coefficient (Wildman–Crippen LogP) is 3.71. The van der Waals surface area contributed by atoms with Gasteiger partial charge in [0.25, 0.3) is 0 Å². The van der Waals surface area contributed by atoms with Crippen molar-refractivity contribution in [3.05, 3.63) is 17.3 Å². The lowest BCUT2D eigenvalue weighted by molar-refractivity contribution is 0.401. The van der Waals surface area contributed by atoms with Crippen LogP contribution in [-0.2, 0) is 6.42 Å². The third-order valence-electron chi connectivity index (χ3n) is 2.40. The molecule has 0 aliphatic rings. The van der Waals surface area contributed by atoms with Crippen LogP contribution in [0.5, 0.6) is 0 Å². The van der Waals surface area contributed by atoms with Gasteiger partial charge in [-0.25, -0.2) is 9.97 Å². The highest BCUT2D eigenvalue weighted by atomic mass is 32.1. The molecule has 0 atom stereocenters. The number of thiophene rings is 1. The predicted molar refractivity (Wildman–Crippen MR) is 74.7 cm³/mol. The molecule has 4 heteroatoms. The molecule has 2 heterocycles. The molecule has 3 nitrogen and oxygen atoms in total. The first kappa shape index (κ1) is 12.3. The average Bonchev–Trinajstić information content (AvgIpc) is 2.63. The zero-order valence-electron chi connectivity index (χ0n) is 10.9. The highest BCUT2D eigenvalue weighted by Gasteiger charge is 2.15. The molecule has 0 aliphatic carbocycles. The zero-order chi connectivity index (χ0) is 12.5. The zero-order valence-corrected chi connectivity index (χ0v) is 11.7. The summed E-state index contributed by atoms with van der Waals surface area (Å²) in [4.78, 5) is 10.3. The number of anilines is 1. The number of hydrogen-bond acceptors (Lipinski definition) is 4. The third kappa shape index (κ3) is 2.94. The highest BCUT2D eigenvalue weighted by molar-refractivity contribution is 7.16. The molecule has 92 valence electrons. The van der Waals surface area contributed by atoms with E-state index in [1.165, 1.54) is 0 Å². The Kier molecular flexibility index (Phi) is 3.33. The van der Waals surface area contributed by atoms with Gasteiger partial charge in [0.15, 0.2) is 0 Å². The van der Waals surface area contributed by atoms with Gasteiger partial charge in [-0.05, 0) is 23.8 Å². The van der Waals surface area contributed by atoms with Gasteiger partial charge >= 0.3 is 0 Å². The molecule has 0 bridgehead atoms. The van der Waals surface area contributed by atoms with Crippen molar-refractivity contribution in [2.45, 2.75) is 34.1 Å². The first-order chi connectivity index (χ1) is 7.99. The molecule has 0 saturated carbocycles. The summed E-state index contributed by atoms with van der Waals surface area (Å²) in [5.41, 5.74) is 0.217. The van der Waals surface area contributed by atoms with Crippen LogP contribution in [0.25, 0.3) is 10.2 Å². The van der Waals surface area contributed by atoms with Crippen molar-refractivity contribution in [2.75, 3.05) is 11.9 Å². The summed E-state index contributed by atoms with van der Waals surface area (Å²) in [6, 6.07) is 2.08. The number of aromatic nitrogens is 2. The van der Waals surface area contributed by atoms with E-state index in [1.54, 1.807) is 11.3 Å². The molecule has 1 N–H and O–H groups in total. The van der Waals surface area contributed by atoms with Gasteiger partial charge in [0.2, 0.25) is 0 Å². The summed E-state index contributed by atoms with van der Waals surface area (Å²) in [5, 5.41) is 6.52. The third-order valence-corrected chi connectivity index (χ3v) is 3.21. The Labute approximate surface area is 106 Å². The molecule has 2 aromatic rings. The maximum Gasteiger partial charge on any atom is 0.138 e. The first-order valence-electron chi connectivity index (χ1n) is 5.97. The summed E-state index contributed by atoms with van der Waals surface area (Å²) in [7, 11) is 0. The van der Waals surface area contributed by atoms with Crippen LogP contribution in [-0.4, -0.2) is 16.5 Å². The molecule has 2 rings (SSSR count). The fraction of sp³-hybridized carbons (Fsp3) is 0.538. The van der Waals surface area contributed by atoms with Crippen molar-refractivity contribution >= 4 is 27.4 Å². The first-order valence-corrected chi connectivity index (χ1v) is 6.85. The Balaban J connectivity index is 2.44. The van der Waals surface area contributed by atoms with Crippen LogP contribution in [0.3, 0.4) is 0 Å². The minimum absolute atomic E-state index is 0.217. The summed E-state index contributed by atoms with van der Waals surface area (Å²) < 4.78 is 0. The Morgan fingerprint density at radius 2 is 2.06 bits per heavy atom. The summed E-state index contributed by atoms with van der Waals surface area (Å²) in [6.07, 6.45) is 0.902. The van der Waals surface area contributed by atoms with Gasteiger partial charge in [-0.15, -0.1) is 11.3 Å². The lowest BCUT2D eigenvalue weighted by atomic mass is 9.92. The van der Waals surface area contributed by atoms with E-state index in [1.807, 2.05) is 0 Å². The molecular weight excluding hydrogens is 230 g/mol. The van der Waals surface area contributed by atoms with Crippen LogP contribution in [0.2, 0.25) is 0 Å². The SMILES string of the molecule is CCNc1nc(CC(C)(C)C)nc2sccc12. The fourth-order valence-electron chi connectivity index (χ4n) is 1.76. The summed E-state index contributed by atoms with van der Waals surface area (Å²) >= 11 is 1.68. The van der Waals surface area contributed by atoms with Crippen molar-refractivity contribution in [3.8, 4) is 0 Å². The lowest BCUT2D eigenvalue weighted by Crippen LogP contribution is -2.13. The Bertz CT molecular complexity index is 511. The van der Waals surface area contributed by atoms with Crippen LogP contribution >= 0.6 is 11.3 Å². The van der Waals surface area contributed by atoms with E-state index in [4.69, 9.17) is 0 Å². The number of nitrogens with one attached hydrogen (secondary N) is 1. The van der Waals surface area contributed by atoms with E-state index in [0.717, 1.165) is 34.8 Å². The van der Waals surface area contributed by atoms with Gasteiger partial charge in [-0.3, -0.25) is 0 Å². The number of nitrogens with zero attached hydrogens (tertiary/aromatic N) is 2. The molecule has 0 aromatic carbocycles. The largest absolute Gasteiger partial charge is 0.370 e. The van der Waals surface area contributed by atoms with Gasteiger partial charge in [0.1, 0.15) is 16.5 Å².